The van der Waals surface area contributed by atoms with Crippen LogP contribution in [0.15, 0.2) is 54.6 Å². The molecule has 162 valence electrons. The Bertz CT molecular complexity index is 750. The second-order valence-corrected chi connectivity index (χ2v) is 8.06. The average Bonchev–Trinajstić information content (AvgIpc) is 2.75. The van der Waals surface area contributed by atoms with Crippen LogP contribution in [0.1, 0.15) is 65.2 Å². The Hall–Kier alpha value is -2.62. The van der Waals surface area contributed by atoms with Crippen LogP contribution in [0.5, 0.6) is 5.75 Å². The van der Waals surface area contributed by atoms with Gasteiger partial charge in [-0.2, -0.15) is 0 Å². The number of esters is 2. The van der Waals surface area contributed by atoms with Crippen LogP contribution in [-0.4, -0.2) is 18.5 Å². The summed E-state index contributed by atoms with van der Waals surface area (Å²) >= 11 is 0. The number of ether oxygens (including phenoxy) is 2. The zero-order valence-corrected chi connectivity index (χ0v) is 18.3. The second-order valence-electron chi connectivity index (χ2n) is 8.06. The third kappa shape index (κ3) is 9.73. The van der Waals surface area contributed by atoms with Gasteiger partial charge >= 0.3 is 11.9 Å². The van der Waals surface area contributed by atoms with Gasteiger partial charge in [-0.3, -0.25) is 9.59 Å². The van der Waals surface area contributed by atoms with Crippen molar-refractivity contribution in [2.75, 3.05) is 6.61 Å². The Labute approximate surface area is 180 Å². The minimum absolute atomic E-state index is 0.0942. The van der Waals surface area contributed by atoms with E-state index < -0.39 is 0 Å². The normalized spacial score (nSPS) is 10.8. The zero-order valence-electron chi connectivity index (χ0n) is 18.3. The molecule has 2 aromatic rings. The highest BCUT2D eigenvalue weighted by Crippen LogP contribution is 2.22. The third-order valence-corrected chi connectivity index (χ3v) is 4.78. The van der Waals surface area contributed by atoms with Gasteiger partial charge in [0.05, 0.1) is 6.61 Å². The first-order chi connectivity index (χ1) is 14.5. The summed E-state index contributed by atoms with van der Waals surface area (Å²) in [6.45, 7) is 4.57. The van der Waals surface area contributed by atoms with Crippen molar-refractivity contribution in [2.45, 2.75) is 65.2 Å². The molecular formula is C26H34O4. The van der Waals surface area contributed by atoms with Crippen molar-refractivity contribution in [3.05, 3.63) is 54.6 Å². The van der Waals surface area contributed by atoms with Gasteiger partial charge in [0.2, 0.25) is 0 Å². The molecule has 30 heavy (non-hydrogen) atoms. The van der Waals surface area contributed by atoms with Crippen LogP contribution < -0.4 is 4.74 Å². The monoisotopic (exact) mass is 410 g/mol. The fourth-order valence-electron chi connectivity index (χ4n) is 3.11. The van der Waals surface area contributed by atoms with Crippen molar-refractivity contribution in [3.8, 4) is 16.9 Å². The predicted octanol–water partition coefficient (Wildman–Crippen LogP) is 6.58. The molecule has 0 amide bonds. The molecule has 0 unspecified atom stereocenters. The van der Waals surface area contributed by atoms with Crippen molar-refractivity contribution in [1.82, 2.24) is 0 Å². The summed E-state index contributed by atoms with van der Waals surface area (Å²) in [5, 5.41) is 0. The Morgan fingerprint density at radius 1 is 0.700 bits per heavy atom. The van der Waals surface area contributed by atoms with Crippen LogP contribution in [0.4, 0.5) is 0 Å². The summed E-state index contributed by atoms with van der Waals surface area (Å²) in [4.78, 5) is 23.5. The van der Waals surface area contributed by atoms with Crippen molar-refractivity contribution in [3.63, 3.8) is 0 Å². The number of rotatable bonds is 13. The fraction of sp³-hybridized carbons (Fsp3) is 0.462. The highest BCUT2D eigenvalue weighted by molar-refractivity contribution is 5.73. The quantitative estimate of drug-likeness (QED) is 0.213. The Balaban J connectivity index is 1.52. The van der Waals surface area contributed by atoms with Crippen LogP contribution >= 0.6 is 0 Å². The maximum absolute atomic E-state index is 12.0. The first kappa shape index (κ1) is 23.7. The number of unbranched alkanes of at least 4 members (excludes halogenated alkanes) is 5. The summed E-state index contributed by atoms with van der Waals surface area (Å²) in [6, 6.07) is 17.7. The summed E-state index contributed by atoms with van der Waals surface area (Å²) < 4.78 is 10.6. The number of carbonyl (C=O) groups excluding carboxylic acids is 2. The van der Waals surface area contributed by atoms with Gasteiger partial charge < -0.3 is 9.47 Å². The van der Waals surface area contributed by atoms with Gasteiger partial charge in [0.25, 0.3) is 0 Å². The number of hydrogen-bond donors (Lipinski definition) is 0. The van der Waals surface area contributed by atoms with Crippen molar-refractivity contribution >= 4 is 11.9 Å². The highest BCUT2D eigenvalue weighted by atomic mass is 16.5. The van der Waals surface area contributed by atoms with Gasteiger partial charge in [-0.1, -0.05) is 82.0 Å². The van der Waals surface area contributed by atoms with Gasteiger partial charge in [-0.25, -0.2) is 0 Å². The Morgan fingerprint density at radius 3 is 1.83 bits per heavy atom. The average molecular weight is 411 g/mol. The summed E-state index contributed by atoms with van der Waals surface area (Å²) in [5.74, 6) is 0.692. The molecule has 0 atom stereocenters. The van der Waals surface area contributed by atoms with Crippen molar-refractivity contribution in [2.24, 2.45) is 5.92 Å². The standard InChI is InChI=1S/C26H34O4/c1-21(2)20-29-25(27)14-10-5-3-4-6-11-15-26(28)30-24-18-16-23(17-19-24)22-12-8-7-9-13-22/h7-9,12-13,16-19,21H,3-6,10-11,14-15,20H2,1-2H3. The molecule has 0 aliphatic heterocycles. The first-order valence-corrected chi connectivity index (χ1v) is 11.1. The largest absolute Gasteiger partial charge is 0.465 e. The minimum atomic E-state index is -0.185. The van der Waals surface area contributed by atoms with Crippen LogP contribution in [-0.2, 0) is 14.3 Å². The van der Waals surface area contributed by atoms with Crippen LogP contribution in [0.25, 0.3) is 11.1 Å². The lowest BCUT2D eigenvalue weighted by molar-refractivity contribution is -0.144. The Morgan fingerprint density at radius 2 is 1.23 bits per heavy atom. The smallest absolute Gasteiger partial charge is 0.311 e. The predicted molar refractivity (Wildman–Crippen MR) is 120 cm³/mol. The van der Waals surface area contributed by atoms with E-state index >= 15 is 0 Å². The molecule has 4 heteroatoms. The maximum Gasteiger partial charge on any atom is 0.311 e. The van der Waals surface area contributed by atoms with Gasteiger partial charge in [0, 0.05) is 12.8 Å². The molecule has 0 aliphatic rings. The van der Waals surface area contributed by atoms with E-state index in [2.05, 4.69) is 12.1 Å². The van der Waals surface area contributed by atoms with E-state index in [1.54, 1.807) is 0 Å². The SMILES string of the molecule is CC(C)COC(=O)CCCCCCCCC(=O)Oc1ccc(-c2ccccc2)cc1. The summed E-state index contributed by atoms with van der Waals surface area (Å²) in [6.07, 6.45) is 6.81. The van der Waals surface area contributed by atoms with E-state index in [1.807, 2.05) is 56.3 Å². The number of benzene rings is 2. The molecule has 2 aromatic carbocycles. The number of hydrogen-bond acceptors (Lipinski definition) is 4. The van der Waals surface area contributed by atoms with Gasteiger partial charge in [0.1, 0.15) is 5.75 Å². The maximum atomic E-state index is 12.0. The second kappa shape index (κ2) is 13.6. The van der Waals surface area contributed by atoms with E-state index in [0.717, 1.165) is 49.7 Å². The fourth-order valence-corrected chi connectivity index (χ4v) is 3.11. The van der Waals surface area contributed by atoms with Gasteiger partial charge in [-0.05, 0) is 42.0 Å². The molecule has 0 heterocycles. The molecule has 0 fully saturated rings. The van der Waals surface area contributed by atoms with E-state index in [9.17, 15) is 9.59 Å². The highest BCUT2D eigenvalue weighted by Gasteiger charge is 2.06. The molecular weight excluding hydrogens is 376 g/mol. The minimum Gasteiger partial charge on any atom is -0.465 e. The topological polar surface area (TPSA) is 52.6 Å². The van der Waals surface area contributed by atoms with E-state index in [-0.39, 0.29) is 11.9 Å². The lowest BCUT2D eigenvalue weighted by Crippen LogP contribution is -2.09. The molecule has 0 saturated heterocycles. The summed E-state index contributed by atoms with van der Waals surface area (Å²) in [5.41, 5.74) is 2.24. The van der Waals surface area contributed by atoms with Gasteiger partial charge in [-0.15, -0.1) is 0 Å². The van der Waals surface area contributed by atoms with Crippen LogP contribution in [0.2, 0.25) is 0 Å². The molecule has 4 nitrogen and oxygen atoms in total. The zero-order chi connectivity index (χ0) is 21.6. The Kier molecular flexibility index (Phi) is 10.7. The lowest BCUT2D eigenvalue weighted by Gasteiger charge is -2.07. The van der Waals surface area contributed by atoms with Gasteiger partial charge in [0.15, 0.2) is 0 Å². The lowest BCUT2D eigenvalue weighted by atomic mass is 10.1. The van der Waals surface area contributed by atoms with E-state index in [4.69, 9.17) is 9.47 Å². The van der Waals surface area contributed by atoms with E-state index in [0.29, 0.717) is 31.1 Å². The van der Waals surface area contributed by atoms with Crippen molar-refractivity contribution in [1.29, 1.82) is 0 Å². The van der Waals surface area contributed by atoms with Crippen molar-refractivity contribution < 1.29 is 19.1 Å². The molecule has 0 N–H and O–H groups in total. The first-order valence-electron chi connectivity index (χ1n) is 11.1. The molecule has 0 saturated carbocycles. The molecule has 0 bridgehead atoms. The molecule has 2 rings (SSSR count). The third-order valence-electron chi connectivity index (χ3n) is 4.78. The molecule has 0 spiro atoms. The number of carbonyl (C=O) groups is 2. The summed E-state index contributed by atoms with van der Waals surface area (Å²) in [7, 11) is 0. The van der Waals surface area contributed by atoms with Crippen LogP contribution in [0, 0.1) is 5.92 Å². The van der Waals surface area contributed by atoms with E-state index in [1.165, 1.54) is 0 Å². The molecule has 0 radical (unpaired) electrons. The van der Waals surface area contributed by atoms with Crippen LogP contribution in [0.3, 0.4) is 0 Å². The molecule has 0 aromatic heterocycles. The molecule has 0 aliphatic carbocycles.